The average Bonchev–Trinajstić information content (AvgIpc) is 2.37. The largest absolute Gasteiger partial charge is 0.455 e. The maximum Gasteiger partial charge on any atom is 0.316 e. The quantitative estimate of drug-likeness (QED) is 0.611. The summed E-state index contributed by atoms with van der Waals surface area (Å²) in [6.07, 6.45) is 0.712. The fourth-order valence-electron chi connectivity index (χ4n) is 1.73. The maximum atomic E-state index is 12.0. The number of hydrogen-bond donors (Lipinski definition) is 0. The van der Waals surface area contributed by atoms with Crippen LogP contribution in [0.5, 0.6) is 5.75 Å². The van der Waals surface area contributed by atoms with E-state index in [1.807, 2.05) is 34.6 Å². The summed E-state index contributed by atoms with van der Waals surface area (Å²) >= 11 is 0. The van der Waals surface area contributed by atoms with Crippen molar-refractivity contribution in [3.63, 3.8) is 0 Å². The third kappa shape index (κ3) is 4.59. The molecule has 0 saturated heterocycles. The Bertz CT molecular complexity index is 512. The van der Waals surface area contributed by atoms with Gasteiger partial charge in [0.1, 0.15) is 11.4 Å². The summed E-state index contributed by atoms with van der Waals surface area (Å²) in [6, 6.07) is 7.02. The molecule has 0 N–H and O–H groups in total. The molecule has 0 spiro atoms. The van der Waals surface area contributed by atoms with E-state index in [-0.39, 0.29) is 11.9 Å². The van der Waals surface area contributed by atoms with E-state index < -0.39 is 11.0 Å². The van der Waals surface area contributed by atoms with E-state index in [9.17, 15) is 9.59 Å². The molecule has 0 saturated carbocycles. The van der Waals surface area contributed by atoms with Gasteiger partial charge in [0, 0.05) is 6.92 Å². The Morgan fingerprint density at radius 2 is 1.57 bits per heavy atom. The van der Waals surface area contributed by atoms with Crippen molar-refractivity contribution in [1.82, 2.24) is 0 Å². The number of rotatable bonds is 5. The van der Waals surface area contributed by atoms with Crippen molar-refractivity contribution in [1.29, 1.82) is 0 Å². The topological polar surface area (TPSA) is 52.6 Å². The molecule has 0 aromatic heterocycles. The van der Waals surface area contributed by atoms with Gasteiger partial charge in [0.15, 0.2) is 0 Å². The second-order valence-electron chi connectivity index (χ2n) is 6.26. The van der Waals surface area contributed by atoms with E-state index in [1.165, 1.54) is 6.92 Å². The van der Waals surface area contributed by atoms with Crippen molar-refractivity contribution in [2.45, 2.75) is 53.6 Å². The van der Waals surface area contributed by atoms with Crippen molar-refractivity contribution < 1.29 is 19.1 Å². The molecule has 116 valence electrons. The zero-order valence-electron chi connectivity index (χ0n) is 13.6. The van der Waals surface area contributed by atoms with Gasteiger partial charge in [-0.1, -0.05) is 19.1 Å². The lowest BCUT2D eigenvalue weighted by molar-refractivity contribution is -0.154. The van der Waals surface area contributed by atoms with Crippen LogP contribution in [-0.2, 0) is 19.9 Å². The Morgan fingerprint density at radius 3 is 2.00 bits per heavy atom. The fourth-order valence-corrected chi connectivity index (χ4v) is 1.73. The SMILES string of the molecule is CCC(C)(C)C(=O)Oc1ccc(C(C)(C)OC(C)=O)cc1. The van der Waals surface area contributed by atoms with Crippen molar-refractivity contribution in [2.24, 2.45) is 5.41 Å². The molecule has 1 rings (SSSR count). The summed E-state index contributed by atoms with van der Waals surface area (Å²) in [7, 11) is 0. The van der Waals surface area contributed by atoms with E-state index in [4.69, 9.17) is 9.47 Å². The predicted octanol–water partition coefficient (Wildman–Crippen LogP) is 3.83. The standard InChI is InChI=1S/C17H24O4/c1-7-16(3,4)15(19)20-14-10-8-13(9-11-14)17(5,6)21-12(2)18/h8-11H,7H2,1-6H3. The van der Waals surface area contributed by atoms with Crippen LogP contribution in [0.2, 0.25) is 0 Å². The smallest absolute Gasteiger partial charge is 0.316 e. The molecule has 1 aromatic carbocycles. The Balaban J connectivity index is 2.84. The van der Waals surface area contributed by atoms with Gasteiger partial charge in [-0.15, -0.1) is 0 Å². The van der Waals surface area contributed by atoms with Gasteiger partial charge in [-0.05, 0) is 51.8 Å². The second-order valence-corrected chi connectivity index (χ2v) is 6.26. The summed E-state index contributed by atoms with van der Waals surface area (Å²) in [4.78, 5) is 23.1. The van der Waals surface area contributed by atoms with Gasteiger partial charge < -0.3 is 9.47 Å². The highest BCUT2D eigenvalue weighted by Crippen LogP contribution is 2.28. The number of benzene rings is 1. The number of ether oxygens (including phenoxy) is 2. The Morgan fingerprint density at radius 1 is 1.05 bits per heavy atom. The first-order chi connectivity index (χ1) is 9.58. The normalized spacial score (nSPS) is 11.9. The summed E-state index contributed by atoms with van der Waals surface area (Å²) in [6.45, 7) is 10.7. The number of esters is 2. The molecule has 4 heteroatoms. The summed E-state index contributed by atoms with van der Waals surface area (Å²) in [5, 5.41) is 0. The molecule has 0 aliphatic carbocycles. The highest BCUT2D eigenvalue weighted by atomic mass is 16.6. The average molecular weight is 292 g/mol. The molecule has 21 heavy (non-hydrogen) atoms. The van der Waals surface area contributed by atoms with Crippen molar-refractivity contribution in [2.75, 3.05) is 0 Å². The third-order valence-corrected chi connectivity index (χ3v) is 3.60. The van der Waals surface area contributed by atoms with Crippen LogP contribution in [0.25, 0.3) is 0 Å². The maximum absolute atomic E-state index is 12.0. The molecule has 0 aliphatic rings. The number of hydrogen-bond acceptors (Lipinski definition) is 4. The zero-order valence-corrected chi connectivity index (χ0v) is 13.6. The molecule has 0 aliphatic heterocycles. The van der Waals surface area contributed by atoms with Crippen molar-refractivity contribution in [3.8, 4) is 5.75 Å². The van der Waals surface area contributed by atoms with Gasteiger partial charge >= 0.3 is 11.9 Å². The van der Waals surface area contributed by atoms with E-state index in [2.05, 4.69) is 0 Å². The first kappa shape index (κ1) is 17.2. The van der Waals surface area contributed by atoms with Crippen molar-refractivity contribution >= 4 is 11.9 Å². The zero-order chi connectivity index (χ0) is 16.3. The van der Waals surface area contributed by atoms with Crippen LogP contribution in [0.3, 0.4) is 0 Å². The van der Waals surface area contributed by atoms with Crippen LogP contribution in [-0.4, -0.2) is 11.9 Å². The van der Waals surface area contributed by atoms with Gasteiger partial charge in [-0.2, -0.15) is 0 Å². The first-order valence-electron chi connectivity index (χ1n) is 7.11. The summed E-state index contributed by atoms with van der Waals surface area (Å²) < 4.78 is 10.6. The van der Waals surface area contributed by atoms with Gasteiger partial charge in [0.25, 0.3) is 0 Å². The highest BCUT2D eigenvalue weighted by Gasteiger charge is 2.28. The highest BCUT2D eigenvalue weighted by molar-refractivity contribution is 5.78. The van der Waals surface area contributed by atoms with Crippen molar-refractivity contribution in [3.05, 3.63) is 29.8 Å². The minimum Gasteiger partial charge on any atom is -0.455 e. The fraction of sp³-hybridized carbons (Fsp3) is 0.529. The minimum absolute atomic E-state index is 0.253. The molecule has 0 fully saturated rings. The van der Waals surface area contributed by atoms with Gasteiger partial charge in [-0.25, -0.2) is 0 Å². The van der Waals surface area contributed by atoms with E-state index in [1.54, 1.807) is 24.3 Å². The summed E-state index contributed by atoms with van der Waals surface area (Å²) in [5.74, 6) is -0.0962. The molecule has 0 atom stereocenters. The van der Waals surface area contributed by atoms with Crippen LogP contribution in [0.15, 0.2) is 24.3 Å². The molecule has 0 radical (unpaired) electrons. The van der Waals surface area contributed by atoms with Crippen LogP contribution in [0.4, 0.5) is 0 Å². The van der Waals surface area contributed by atoms with Crippen LogP contribution in [0.1, 0.15) is 53.5 Å². The molecule has 0 amide bonds. The van der Waals surface area contributed by atoms with Gasteiger partial charge in [0.2, 0.25) is 0 Å². The van der Waals surface area contributed by atoms with E-state index in [0.717, 1.165) is 5.56 Å². The van der Waals surface area contributed by atoms with Crippen LogP contribution >= 0.6 is 0 Å². The third-order valence-electron chi connectivity index (χ3n) is 3.60. The second kappa shape index (κ2) is 6.29. The Labute approximate surface area is 126 Å². The molecule has 1 aromatic rings. The minimum atomic E-state index is -0.711. The molecule has 4 nitrogen and oxygen atoms in total. The predicted molar refractivity (Wildman–Crippen MR) is 80.9 cm³/mol. The lowest BCUT2D eigenvalue weighted by atomic mass is 9.91. The molecule has 0 bridgehead atoms. The lowest BCUT2D eigenvalue weighted by Gasteiger charge is -2.25. The molecular formula is C17H24O4. The van der Waals surface area contributed by atoms with Crippen LogP contribution in [0, 0.1) is 5.41 Å². The number of carbonyl (C=O) groups is 2. The van der Waals surface area contributed by atoms with Gasteiger partial charge in [-0.3, -0.25) is 9.59 Å². The Hall–Kier alpha value is -1.84. The Kier molecular flexibility index (Phi) is 5.15. The molecular weight excluding hydrogens is 268 g/mol. The number of carbonyl (C=O) groups excluding carboxylic acids is 2. The molecule has 0 heterocycles. The summed E-state index contributed by atoms with van der Waals surface area (Å²) in [5.41, 5.74) is -0.375. The van der Waals surface area contributed by atoms with Gasteiger partial charge in [0.05, 0.1) is 5.41 Å². The van der Waals surface area contributed by atoms with E-state index >= 15 is 0 Å². The monoisotopic (exact) mass is 292 g/mol. The van der Waals surface area contributed by atoms with E-state index in [0.29, 0.717) is 12.2 Å². The van der Waals surface area contributed by atoms with Crippen LogP contribution < -0.4 is 4.74 Å². The first-order valence-corrected chi connectivity index (χ1v) is 7.11. The molecule has 0 unspecified atom stereocenters. The lowest BCUT2D eigenvalue weighted by Crippen LogP contribution is -2.28.